The number of aliphatic hydroxyl groups excluding tert-OH is 1. The number of aliphatic hydroxyl groups is 1. The highest BCUT2D eigenvalue weighted by molar-refractivity contribution is 5.75. The van der Waals surface area contributed by atoms with E-state index in [0.717, 1.165) is 0 Å². The van der Waals surface area contributed by atoms with Crippen molar-refractivity contribution in [1.29, 1.82) is 0 Å². The van der Waals surface area contributed by atoms with Crippen molar-refractivity contribution in [1.82, 2.24) is 0 Å². The van der Waals surface area contributed by atoms with Gasteiger partial charge in [0.15, 0.2) is 0 Å². The standard InChI is InChI=1S/C11H14FNO3/c1-16-11(15)9(13)6-10(14)7-4-2-3-5-8(7)12/h2-5,9-10,14H,6,13H2,1H3. The Labute approximate surface area is 92.8 Å². The summed E-state index contributed by atoms with van der Waals surface area (Å²) in [5, 5.41) is 9.69. The van der Waals surface area contributed by atoms with Gasteiger partial charge in [0.1, 0.15) is 11.9 Å². The maximum Gasteiger partial charge on any atom is 0.322 e. The second-order valence-electron chi connectivity index (χ2n) is 3.40. The van der Waals surface area contributed by atoms with Gasteiger partial charge in [-0.1, -0.05) is 18.2 Å². The van der Waals surface area contributed by atoms with Crippen molar-refractivity contribution in [3.8, 4) is 0 Å². The Balaban J connectivity index is 2.69. The quantitative estimate of drug-likeness (QED) is 0.744. The number of ether oxygens (including phenoxy) is 1. The van der Waals surface area contributed by atoms with Gasteiger partial charge in [0.2, 0.25) is 0 Å². The van der Waals surface area contributed by atoms with Gasteiger partial charge in [-0.3, -0.25) is 4.79 Å². The molecule has 1 rings (SSSR count). The molecule has 2 atom stereocenters. The summed E-state index contributed by atoms with van der Waals surface area (Å²) in [6.07, 6.45) is -1.19. The molecule has 0 heterocycles. The zero-order valence-electron chi connectivity index (χ0n) is 8.89. The summed E-state index contributed by atoms with van der Waals surface area (Å²) in [7, 11) is 1.21. The van der Waals surface area contributed by atoms with Gasteiger partial charge in [0, 0.05) is 12.0 Å². The van der Waals surface area contributed by atoms with E-state index in [1.807, 2.05) is 0 Å². The van der Waals surface area contributed by atoms with Crippen LogP contribution in [-0.2, 0) is 9.53 Å². The molecule has 4 nitrogen and oxygen atoms in total. The first-order chi connectivity index (χ1) is 7.56. The number of nitrogens with two attached hydrogens (primary N) is 1. The fourth-order valence-electron chi connectivity index (χ4n) is 1.36. The van der Waals surface area contributed by atoms with Gasteiger partial charge in [0.25, 0.3) is 0 Å². The zero-order chi connectivity index (χ0) is 12.1. The van der Waals surface area contributed by atoms with Crippen molar-refractivity contribution in [2.75, 3.05) is 7.11 Å². The monoisotopic (exact) mass is 227 g/mol. The molecule has 1 aromatic rings. The third kappa shape index (κ3) is 3.01. The summed E-state index contributed by atoms with van der Waals surface area (Å²) in [6, 6.07) is 4.85. The molecule has 3 N–H and O–H groups in total. The molecule has 16 heavy (non-hydrogen) atoms. The predicted molar refractivity (Wildman–Crippen MR) is 56.0 cm³/mol. The Kier molecular flexibility index (Phi) is 4.39. The van der Waals surface area contributed by atoms with Crippen LogP contribution in [0, 0.1) is 5.82 Å². The lowest BCUT2D eigenvalue weighted by molar-refractivity contribution is -0.143. The minimum atomic E-state index is -1.12. The second-order valence-corrected chi connectivity index (χ2v) is 3.40. The number of esters is 1. The lowest BCUT2D eigenvalue weighted by Gasteiger charge is -2.15. The smallest absolute Gasteiger partial charge is 0.322 e. The van der Waals surface area contributed by atoms with Crippen LogP contribution in [0.25, 0.3) is 0 Å². The van der Waals surface area contributed by atoms with Crippen LogP contribution in [0.2, 0.25) is 0 Å². The molecule has 1 aromatic carbocycles. The van der Waals surface area contributed by atoms with Crippen molar-refractivity contribution in [3.05, 3.63) is 35.6 Å². The largest absolute Gasteiger partial charge is 0.468 e. The van der Waals surface area contributed by atoms with Crippen molar-refractivity contribution in [2.24, 2.45) is 5.73 Å². The summed E-state index contributed by atoms with van der Waals surface area (Å²) in [5.74, 6) is -1.15. The van der Waals surface area contributed by atoms with Gasteiger partial charge < -0.3 is 15.6 Å². The highest BCUT2D eigenvalue weighted by atomic mass is 19.1. The SMILES string of the molecule is COC(=O)C(N)CC(O)c1ccccc1F. The van der Waals surface area contributed by atoms with Crippen LogP contribution < -0.4 is 5.73 Å². The van der Waals surface area contributed by atoms with Crippen LogP contribution in [0.15, 0.2) is 24.3 Å². The normalized spacial score (nSPS) is 14.2. The van der Waals surface area contributed by atoms with Crippen LogP contribution in [0.3, 0.4) is 0 Å². The third-order valence-corrected chi connectivity index (χ3v) is 2.25. The Morgan fingerprint density at radius 1 is 1.56 bits per heavy atom. The number of carbonyl (C=O) groups is 1. The Bertz CT molecular complexity index is 370. The molecule has 0 radical (unpaired) electrons. The molecular weight excluding hydrogens is 213 g/mol. The zero-order valence-corrected chi connectivity index (χ0v) is 8.89. The van der Waals surface area contributed by atoms with Gasteiger partial charge in [-0.25, -0.2) is 4.39 Å². The number of methoxy groups -OCH3 is 1. The molecule has 0 aliphatic carbocycles. The van der Waals surface area contributed by atoms with E-state index in [2.05, 4.69) is 4.74 Å². The summed E-state index contributed by atoms with van der Waals surface area (Å²) >= 11 is 0. The number of halogens is 1. The molecule has 0 amide bonds. The first kappa shape index (κ1) is 12.6. The second kappa shape index (κ2) is 5.58. The predicted octanol–water partition coefficient (Wildman–Crippen LogP) is 0.749. The maximum absolute atomic E-state index is 13.3. The molecule has 0 aliphatic rings. The summed E-state index contributed by atoms with van der Waals surface area (Å²) in [5.41, 5.74) is 5.59. The van der Waals surface area contributed by atoms with Crippen LogP contribution in [0.4, 0.5) is 4.39 Å². The van der Waals surface area contributed by atoms with Crippen molar-refractivity contribution >= 4 is 5.97 Å². The summed E-state index contributed by atoms with van der Waals surface area (Å²) in [6.45, 7) is 0. The lowest BCUT2D eigenvalue weighted by Crippen LogP contribution is -2.33. The number of rotatable bonds is 4. The fourth-order valence-corrected chi connectivity index (χ4v) is 1.36. The molecule has 0 bridgehead atoms. The van der Waals surface area contributed by atoms with Gasteiger partial charge in [-0.05, 0) is 6.07 Å². The van der Waals surface area contributed by atoms with E-state index in [-0.39, 0.29) is 12.0 Å². The molecule has 88 valence electrons. The summed E-state index contributed by atoms with van der Waals surface area (Å²) < 4.78 is 17.7. The summed E-state index contributed by atoms with van der Waals surface area (Å²) in [4.78, 5) is 11.0. The molecule has 0 aromatic heterocycles. The van der Waals surface area contributed by atoms with Crippen molar-refractivity contribution in [2.45, 2.75) is 18.6 Å². The van der Waals surface area contributed by atoms with Crippen LogP contribution in [-0.4, -0.2) is 24.2 Å². The van der Waals surface area contributed by atoms with Gasteiger partial charge in [0.05, 0.1) is 13.2 Å². The number of hydrogen-bond donors (Lipinski definition) is 2. The lowest BCUT2D eigenvalue weighted by atomic mass is 10.0. The number of carbonyl (C=O) groups excluding carboxylic acids is 1. The van der Waals surface area contributed by atoms with E-state index in [9.17, 15) is 14.3 Å². The van der Waals surface area contributed by atoms with Crippen molar-refractivity contribution in [3.63, 3.8) is 0 Å². The molecule has 0 spiro atoms. The van der Waals surface area contributed by atoms with E-state index in [1.54, 1.807) is 6.07 Å². The third-order valence-electron chi connectivity index (χ3n) is 2.25. The topological polar surface area (TPSA) is 72.5 Å². The van der Waals surface area contributed by atoms with Crippen LogP contribution in [0.1, 0.15) is 18.1 Å². The highest BCUT2D eigenvalue weighted by Gasteiger charge is 2.21. The minimum absolute atomic E-state index is 0.0758. The molecular formula is C11H14FNO3. The Morgan fingerprint density at radius 3 is 2.75 bits per heavy atom. The molecule has 0 saturated carbocycles. The van der Waals surface area contributed by atoms with Gasteiger partial charge >= 0.3 is 5.97 Å². The average molecular weight is 227 g/mol. The molecule has 5 heteroatoms. The van der Waals surface area contributed by atoms with Gasteiger partial charge in [-0.15, -0.1) is 0 Å². The van der Waals surface area contributed by atoms with E-state index in [0.29, 0.717) is 0 Å². The molecule has 0 fully saturated rings. The van der Waals surface area contributed by atoms with E-state index < -0.39 is 23.9 Å². The van der Waals surface area contributed by atoms with Crippen molar-refractivity contribution < 1.29 is 19.0 Å². The molecule has 0 aliphatic heterocycles. The Morgan fingerprint density at radius 2 is 2.19 bits per heavy atom. The van der Waals surface area contributed by atoms with E-state index in [1.165, 1.54) is 25.3 Å². The van der Waals surface area contributed by atoms with Gasteiger partial charge in [-0.2, -0.15) is 0 Å². The molecule has 0 saturated heterocycles. The first-order valence-corrected chi connectivity index (χ1v) is 4.82. The minimum Gasteiger partial charge on any atom is -0.468 e. The Hall–Kier alpha value is -1.46. The van der Waals surface area contributed by atoms with Crippen LogP contribution in [0.5, 0.6) is 0 Å². The maximum atomic E-state index is 13.3. The van der Waals surface area contributed by atoms with E-state index in [4.69, 9.17) is 5.73 Å². The first-order valence-electron chi connectivity index (χ1n) is 4.82. The molecule has 2 unspecified atom stereocenters. The average Bonchev–Trinajstić information content (AvgIpc) is 2.28. The van der Waals surface area contributed by atoms with Crippen LogP contribution >= 0.6 is 0 Å². The number of hydrogen-bond acceptors (Lipinski definition) is 4. The highest BCUT2D eigenvalue weighted by Crippen LogP contribution is 2.20. The van der Waals surface area contributed by atoms with E-state index >= 15 is 0 Å². The number of benzene rings is 1. The fraction of sp³-hybridized carbons (Fsp3) is 0.364.